The van der Waals surface area contributed by atoms with Crippen LogP contribution >= 0.6 is 0 Å². The van der Waals surface area contributed by atoms with Gasteiger partial charge in [-0.1, -0.05) is 6.07 Å². The minimum atomic E-state index is -3.66. The van der Waals surface area contributed by atoms with E-state index in [4.69, 9.17) is 4.74 Å². The molecule has 24 heavy (non-hydrogen) atoms. The Morgan fingerprint density at radius 2 is 1.96 bits per heavy atom. The third kappa shape index (κ3) is 3.38. The second-order valence-corrected chi connectivity index (χ2v) is 8.17. The van der Waals surface area contributed by atoms with Gasteiger partial charge in [-0.2, -0.15) is 0 Å². The van der Waals surface area contributed by atoms with E-state index in [0.29, 0.717) is 38.0 Å². The number of nitro groups is 1. The van der Waals surface area contributed by atoms with E-state index in [1.165, 1.54) is 6.07 Å². The smallest absolute Gasteiger partial charge is 0.311 e. The lowest BCUT2D eigenvalue weighted by molar-refractivity contribution is -0.387. The van der Waals surface area contributed by atoms with Gasteiger partial charge >= 0.3 is 5.69 Å². The first-order valence-electron chi connectivity index (χ1n) is 7.92. The molecule has 0 radical (unpaired) electrons. The molecule has 1 aromatic carbocycles. The van der Waals surface area contributed by atoms with Gasteiger partial charge in [-0.25, -0.2) is 8.42 Å². The monoisotopic (exact) mass is 355 g/mol. The van der Waals surface area contributed by atoms with E-state index < -0.39 is 14.8 Å². The molecule has 9 heteroatoms. The zero-order chi connectivity index (χ0) is 17.3. The molecule has 3 rings (SSSR count). The summed E-state index contributed by atoms with van der Waals surface area (Å²) in [7, 11) is -3.66. The van der Waals surface area contributed by atoms with Crippen molar-refractivity contribution in [3.05, 3.63) is 28.3 Å². The number of benzene rings is 1. The van der Waals surface area contributed by atoms with Crippen LogP contribution < -0.4 is 4.90 Å². The van der Waals surface area contributed by atoms with Crippen LogP contribution in [-0.2, 0) is 14.6 Å². The molecule has 0 spiro atoms. The SMILES string of the molecule is CS(=O)(=O)c1cccc(N2CCC(N3CCOCC3)C2)c1[N+](=O)[O-]. The first-order chi connectivity index (χ1) is 11.4. The molecule has 1 unspecified atom stereocenters. The predicted molar refractivity (Wildman–Crippen MR) is 89.2 cm³/mol. The topological polar surface area (TPSA) is 93.0 Å². The summed E-state index contributed by atoms with van der Waals surface area (Å²) >= 11 is 0. The molecule has 0 bridgehead atoms. The quantitative estimate of drug-likeness (QED) is 0.585. The molecular formula is C15H21N3O5S. The minimum absolute atomic E-state index is 0.222. The molecule has 2 aliphatic rings. The predicted octanol–water partition coefficient (Wildman–Crippen LogP) is 0.909. The van der Waals surface area contributed by atoms with Gasteiger partial charge in [0, 0.05) is 38.5 Å². The summed E-state index contributed by atoms with van der Waals surface area (Å²) in [5.74, 6) is 0. The maximum atomic E-state index is 11.9. The van der Waals surface area contributed by atoms with Gasteiger partial charge < -0.3 is 9.64 Å². The molecule has 2 fully saturated rings. The molecule has 0 aliphatic carbocycles. The molecule has 0 amide bonds. The Morgan fingerprint density at radius 3 is 2.58 bits per heavy atom. The van der Waals surface area contributed by atoms with Gasteiger partial charge in [0.15, 0.2) is 9.84 Å². The first-order valence-corrected chi connectivity index (χ1v) is 9.81. The van der Waals surface area contributed by atoms with Crippen LogP contribution in [0.15, 0.2) is 23.1 Å². The summed E-state index contributed by atoms with van der Waals surface area (Å²) in [4.78, 5) is 15.0. The number of hydrogen-bond acceptors (Lipinski definition) is 7. The van der Waals surface area contributed by atoms with Crippen LogP contribution in [0.3, 0.4) is 0 Å². The molecule has 0 N–H and O–H groups in total. The largest absolute Gasteiger partial charge is 0.379 e. The van der Waals surface area contributed by atoms with Gasteiger partial charge in [-0.3, -0.25) is 15.0 Å². The second-order valence-electron chi connectivity index (χ2n) is 6.19. The number of hydrogen-bond donors (Lipinski definition) is 0. The van der Waals surface area contributed by atoms with Crippen LogP contribution in [0.2, 0.25) is 0 Å². The summed E-state index contributed by atoms with van der Waals surface area (Å²) in [6, 6.07) is 4.82. The Kier molecular flexibility index (Phi) is 4.75. The van der Waals surface area contributed by atoms with Crippen molar-refractivity contribution in [1.82, 2.24) is 4.90 Å². The molecule has 2 saturated heterocycles. The molecule has 1 aromatic rings. The van der Waals surface area contributed by atoms with Crippen molar-refractivity contribution in [1.29, 1.82) is 0 Å². The number of nitro benzene ring substituents is 1. The third-order valence-corrected chi connectivity index (χ3v) is 5.75. The summed E-state index contributed by atoms with van der Waals surface area (Å²) in [6.45, 7) is 4.48. The fraction of sp³-hybridized carbons (Fsp3) is 0.600. The summed E-state index contributed by atoms with van der Waals surface area (Å²) in [5.41, 5.74) is 0.0707. The van der Waals surface area contributed by atoms with E-state index in [1.807, 2.05) is 4.90 Å². The van der Waals surface area contributed by atoms with Gasteiger partial charge in [0.2, 0.25) is 0 Å². The van der Waals surface area contributed by atoms with Crippen LogP contribution in [-0.4, -0.2) is 69.9 Å². The molecule has 0 saturated carbocycles. The van der Waals surface area contributed by atoms with Crippen molar-refractivity contribution >= 4 is 21.2 Å². The number of nitrogens with zero attached hydrogens (tertiary/aromatic N) is 3. The first kappa shape index (κ1) is 17.1. The molecule has 2 aliphatic heterocycles. The number of para-hydroxylation sites is 1. The van der Waals surface area contributed by atoms with Crippen molar-refractivity contribution in [2.75, 3.05) is 50.5 Å². The Bertz CT molecular complexity index is 731. The van der Waals surface area contributed by atoms with Crippen molar-refractivity contribution in [3.8, 4) is 0 Å². The van der Waals surface area contributed by atoms with Crippen LogP contribution in [0, 0.1) is 10.1 Å². The van der Waals surface area contributed by atoms with Crippen LogP contribution in [0.4, 0.5) is 11.4 Å². The summed E-state index contributed by atoms with van der Waals surface area (Å²) in [6.07, 6.45) is 1.90. The maximum absolute atomic E-state index is 11.9. The highest BCUT2D eigenvalue weighted by atomic mass is 32.2. The highest BCUT2D eigenvalue weighted by molar-refractivity contribution is 7.90. The third-order valence-electron chi connectivity index (χ3n) is 4.63. The zero-order valence-electron chi connectivity index (χ0n) is 13.6. The van der Waals surface area contributed by atoms with E-state index in [1.54, 1.807) is 12.1 Å². The van der Waals surface area contributed by atoms with E-state index in [9.17, 15) is 18.5 Å². The summed E-state index contributed by atoms with van der Waals surface area (Å²) in [5, 5.41) is 11.5. The number of anilines is 1. The van der Waals surface area contributed by atoms with E-state index in [-0.39, 0.29) is 10.6 Å². The highest BCUT2D eigenvalue weighted by Gasteiger charge is 2.34. The van der Waals surface area contributed by atoms with Gasteiger partial charge in [0.05, 0.1) is 18.1 Å². The van der Waals surface area contributed by atoms with E-state index >= 15 is 0 Å². The van der Waals surface area contributed by atoms with Crippen molar-refractivity contribution < 1.29 is 18.1 Å². The van der Waals surface area contributed by atoms with Gasteiger partial charge in [-0.05, 0) is 18.6 Å². The lowest BCUT2D eigenvalue weighted by Gasteiger charge is -2.32. The highest BCUT2D eigenvalue weighted by Crippen LogP contribution is 2.36. The zero-order valence-corrected chi connectivity index (χ0v) is 14.4. The normalized spacial score (nSPS) is 22.7. The number of sulfone groups is 1. The van der Waals surface area contributed by atoms with Crippen LogP contribution in [0.1, 0.15) is 6.42 Å². The lowest BCUT2D eigenvalue weighted by Crippen LogP contribution is -2.44. The maximum Gasteiger partial charge on any atom is 0.311 e. The average molecular weight is 355 g/mol. The minimum Gasteiger partial charge on any atom is -0.379 e. The second kappa shape index (κ2) is 6.66. The van der Waals surface area contributed by atoms with Crippen molar-refractivity contribution in [2.45, 2.75) is 17.4 Å². The van der Waals surface area contributed by atoms with Gasteiger partial charge in [0.1, 0.15) is 10.6 Å². The molecule has 2 heterocycles. The van der Waals surface area contributed by atoms with Crippen molar-refractivity contribution in [3.63, 3.8) is 0 Å². The Morgan fingerprint density at radius 1 is 1.25 bits per heavy atom. The fourth-order valence-corrected chi connectivity index (χ4v) is 4.31. The average Bonchev–Trinajstić information content (AvgIpc) is 3.04. The van der Waals surface area contributed by atoms with Gasteiger partial charge in [0.25, 0.3) is 0 Å². The Labute approximate surface area is 141 Å². The molecule has 132 valence electrons. The fourth-order valence-electron chi connectivity index (χ4n) is 3.45. The van der Waals surface area contributed by atoms with Gasteiger partial charge in [-0.15, -0.1) is 0 Å². The lowest BCUT2D eigenvalue weighted by atomic mass is 10.2. The van der Waals surface area contributed by atoms with E-state index in [2.05, 4.69) is 4.90 Å². The molecule has 1 atom stereocenters. The molecule has 0 aromatic heterocycles. The number of ether oxygens (including phenoxy) is 1. The van der Waals surface area contributed by atoms with Crippen LogP contribution in [0.5, 0.6) is 0 Å². The molecular weight excluding hydrogens is 334 g/mol. The van der Waals surface area contributed by atoms with Crippen LogP contribution in [0.25, 0.3) is 0 Å². The Hall–Kier alpha value is -1.71. The van der Waals surface area contributed by atoms with Crippen molar-refractivity contribution in [2.24, 2.45) is 0 Å². The number of morpholine rings is 1. The van der Waals surface area contributed by atoms with E-state index in [0.717, 1.165) is 25.8 Å². The number of rotatable bonds is 4. The summed E-state index contributed by atoms with van der Waals surface area (Å²) < 4.78 is 29.1. The molecule has 8 nitrogen and oxygen atoms in total. The Balaban J connectivity index is 1.89. The standard InChI is InChI=1S/C15H21N3O5S/c1-24(21,22)14-4-2-3-13(15(14)18(19)20)17-6-5-12(11-17)16-7-9-23-10-8-16/h2-4,12H,5-11H2,1H3.